The zero-order valence-electron chi connectivity index (χ0n) is 8.42. The summed E-state index contributed by atoms with van der Waals surface area (Å²) in [6, 6.07) is 5.74. The second-order valence-electron chi connectivity index (χ2n) is 3.62. The van der Waals surface area contributed by atoms with E-state index < -0.39 is 0 Å². The minimum absolute atomic E-state index is 0.0449. The number of cyclic esters (lactones) is 1. The Labute approximate surface area is 93.4 Å². The third-order valence-corrected chi connectivity index (χ3v) is 2.77. The molecule has 1 aliphatic rings. The van der Waals surface area contributed by atoms with E-state index in [1.165, 1.54) is 0 Å². The first-order valence-corrected chi connectivity index (χ1v) is 5.24. The fraction of sp³-hybridized carbons (Fsp3) is 0.364. The highest BCUT2D eigenvalue weighted by Gasteiger charge is 2.21. The number of hydrogen-bond acceptors (Lipinski definition) is 2. The molecule has 2 rings (SSSR count). The summed E-state index contributed by atoms with van der Waals surface area (Å²) in [5, 5.41) is 3.51. The molecule has 1 amide bonds. The summed E-state index contributed by atoms with van der Waals surface area (Å²) >= 11 is 5.87. The Morgan fingerprint density at radius 2 is 2.33 bits per heavy atom. The number of nitrogens with one attached hydrogen (secondary N) is 1. The monoisotopic (exact) mass is 225 g/mol. The predicted molar refractivity (Wildman–Crippen MR) is 58.0 cm³/mol. The molecule has 0 bridgehead atoms. The van der Waals surface area contributed by atoms with E-state index in [9.17, 15) is 4.79 Å². The quantitative estimate of drug-likeness (QED) is 0.798. The van der Waals surface area contributed by atoms with E-state index in [-0.39, 0.29) is 12.1 Å². The molecule has 0 aromatic heterocycles. The molecule has 0 spiro atoms. The topological polar surface area (TPSA) is 38.3 Å². The van der Waals surface area contributed by atoms with Crippen LogP contribution in [0.15, 0.2) is 18.2 Å². The second kappa shape index (κ2) is 4.11. The third-order valence-electron chi connectivity index (χ3n) is 2.54. The van der Waals surface area contributed by atoms with Crippen molar-refractivity contribution in [1.82, 2.24) is 5.32 Å². The van der Waals surface area contributed by atoms with Crippen molar-refractivity contribution in [2.45, 2.75) is 19.4 Å². The normalized spacial score (nSPS) is 20.7. The second-order valence-corrected chi connectivity index (χ2v) is 4.06. The van der Waals surface area contributed by atoms with Crippen LogP contribution in [0, 0.1) is 6.92 Å². The van der Waals surface area contributed by atoms with E-state index in [2.05, 4.69) is 5.32 Å². The maximum absolute atomic E-state index is 11.1. The zero-order chi connectivity index (χ0) is 10.8. The van der Waals surface area contributed by atoms with Gasteiger partial charge in [-0.3, -0.25) is 0 Å². The lowest BCUT2D eigenvalue weighted by atomic mass is 9.99. The van der Waals surface area contributed by atoms with Gasteiger partial charge >= 0.3 is 6.09 Å². The van der Waals surface area contributed by atoms with Gasteiger partial charge in [-0.2, -0.15) is 0 Å². The lowest BCUT2D eigenvalue weighted by Crippen LogP contribution is -2.35. The molecular formula is C11H12ClNO2. The highest BCUT2D eigenvalue weighted by Crippen LogP contribution is 2.25. The summed E-state index contributed by atoms with van der Waals surface area (Å²) in [7, 11) is 0. The number of aryl methyl sites for hydroxylation is 1. The molecule has 0 unspecified atom stereocenters. The van der Waals surface area contributed by atoms with Crippen molar-refractivity contribution in [2.75, 3.05) is 6.61 Å². The smallest absolute Gasteiger partial charge is 0.407 e. The van der Waals surface area contributed by atoms with Crippen LogP contribution in [0.1, 0.15) is 23.6 Å². The summed E-state index contributed by atoms with van der Waals surface area (Å²) in [6.07, 6.45) is 0.453. The van der Waals surface area contributed by atoms with Gasteiger partial charge in [-0.05, 0) is 30.2 Å². The molecule has 15 heavy (non-hydrogen) atoms. The minimum Gasteiger partial charge on any atom is -0.449 e. The molecule has 1 saturated heterocycles. The average Bonchev–Trinajstić information content (AvgIpc) is 2.17. The Morgan fingerprint density at radius 1 is 1.53 bits per heavy atom. The van der Waals surface area contributed by atoms with Crippen molar-refractivity contribution < 1.29 is 9.53 Å². The number of halogens is 1. The summed E-state index contributed by atoms with van der Waals surface area (Å²) < 4.78 is 4.82. The zero-order valence-corrected chi connectivity index (χ0v) is 9.17. The van der Waals surface area contributed by atoms with Crippen LogP contribution in [-0.4, -0.2) is 12.7 Å². The molecule has 0 radical (unpaired) electrons. The van der Waals surface area contributed by atoms with Crippen molar-refractivity contribution in [1.29, 1.82) is 0 Å². The fourth-order valence-corrected chi connectivity index (χ4v) is 2.02. The van der Waals surface area contributed by atoms with Crippen LogP contribution in [-0.2, 0) is 4.74 Å². The van der Waals surface area contributed by atoms with Crippen molar-refractivity contribution in [2.24, 2.45) is 0 Å². The Balaban J connectivity index is 2.24. The lowest BCUT2D eigenvalue weighted by molar-refractivity contribution is 0.115. The SMILES string of the molecule is Cc1cc(Cl)ccc1[C@H]1CCOC(=O)N1. The molecule has 0 aliphatic carbocycles. The van der Waals surface area contributed by atoms with Gasteiger partial charge in [0.05, 0.1) is 12.6 Å². The molecule has 1 heterocycles. The molecule has 1 N–H and O–H groups in total. The van der Waals surface area contributed by atoms with Crippen LogP contribution in [0.4, 0.5) is 4.79 Å². The summed E-state index contributed by atoms with van der Waals surface area (Å²) in [6.45, 7) is 2.46. The molecule has 1 fully saturated rings. The van der Waals surface area contributed by atoms with Gasteiger partial charge in [-0.25, -0.2) is 4.79 Å². The molecule has 80 valence electrons. The van der Waals surface area contributed by atoms with Crippen LogP contribution >= 0.6 is 11.6 Å². The first kappa shape index (κ1) is 10.3. The van der Waals surface area contributed by atoms with E-state index in [4.69, 9.17) is 16.3 Å². The van der Waals surface area contributed by atoms with Crippen LogP contribution in [0.3, 0.4) is 0 Å². The minimum atomic E-state index is -0.347. The van der Waals surface area contributed by atoms with Crippen molar-refractivity contribution in [3.8, 4) is 0 Å². The standard InChI is InChI=1S/C11H12ClNO2/c1-7-6-8(12)2-3-9(7)10-4-5-15-11(14)13-10/h2-3,6,10H,4-5H2,1H3,(H,13,14)/t10-/m1/s1. The number of ether oxygens (including phenoxy) is 1. The molecule has 3 nitrogen and oxygen atoms in total. The Hall–Kier alpha value is -1.22. The maximum Gasteiger partial charge on any atom is 0.407 e. The van der Waals surface area contributed by atoms with E-state index in [0.29, 0.717) is 6.61 Å². The molecule has 4 heteroatoms. The Bertz CT molecular complexity index is 392. The molecule has 1 aliphatic heterocycles. The summed E-state index contributed by atoms with van der Waals surface area (Å²) in [5.41, 5.74) is 2.20. The number of carbonyl (C=O) groups is 1. The Kier molecular flexibility index (Phi) is 2.82. The average molecular weight is 226 g/mol. The predicted octanol–water partition coefficient (Wildman–Crippen LogP) is 2.82. The first-order valence-electron chi connectivity index (χ1n) is 4.86. The van der Waals surface area contributed by atoms with Crippen molar-refractivity contribution in [3.05, 3.63) is 34.3 Å². The summed E-state index contributed by atoms with van der Waals surface area (Å²) in [5.74, 6) is 0. The van der Waals surface area contributed by atoms with Gasteiger partial charge < -0.3 is 10.1 Å². The van der Waals surface area contributed by atoms with Gasteiger partial charge in [0.25, 0.3) is 0 Å². The van der Waals surface area contributed by atoms with Gasteiger partial charge in [0.15, 0.2) is 0 Å². The molecule has 1 aromatic carbocycles. The van der Waals surface area contributed by atoms with E-state index in [1.54, 1.807) is 0 Å². The first-order chi connectivity index (χ1) is 7.16. The summed E-state index contributed by atoms with van der Waals surface area (Å²) in [4.78, 5) is 11.1. The van der Waals surface area contributed by atoms with E-state index >= 15 is 0 Å². The lowest BCUT2D eigenvalue weighted by Gasteiger charge is -2.25. The Morgan fingerprint density at radius 3 is 3.00 bits per heavy atom. The number of benzene rings is 1. The van der Waals surface area contributed by atoms with Crippen molar-refractivity contribution in [3.63, 3.8) is 0 Å². The molecule has 1 atom stereocenters. The molecule has 1 aromatic rings. The van der Waals surface area contributed by atoms with Gasteiger partial charge in [0.1, 0.15) is 0 Å². The van der Waals surface area contributed by atoms with Gasteiger partial charge in [-0.1, -0.05) is 17.7 Å². The van der Waals surface area contributed by atoms with Crippen LogP contribution in [0.2, 0.25) is 5.02 Å². The van der Waals surface area contributed by atoms with Crippen molar-refractivity contribution >= 4 is 17.7 Å². The third kappa shape index (κ3) is 2.23. The number of hydrogen-bond donors (Lipinski definition) is 1. The van der Waals surface area contributed by atoms with Gasteiger partial charge in [0.2, 0.25) is 0 Å². The highest BCUT2D eigenvalue weighted by molar-refractivity contribution is 6.30. The largest absolute Gasteiger partial charge is 0.449 e. The van der Waals surface area contributed by atoms with Crippen LogP contribution in [0.25, 0.3) is 0 Å². The molecular weight excluding hydrogens is 214 g/mol. The fourth-order valence-electron chi connectivity index (χ4n) is 1.79. The number of rotatable bonds is 1. The van der Waals surface area contributed by atoms with Gasteiger partial charge in [0, 0.05) is 11.4 Å². The van der Waals surface area contributed by atoms with E-state index in [0.717, 1.165) is 22.6 Å². The highest BCUT2D eigenvalue weighted by atomic mass is 35.5. The van der Waals surface area contributed by atoms with Crippen LogP contribution < -0.4 is 5.32 Å². The van der Waals surface area contributed by atoms with Crippen LogP contribution in [0.5, 0.6) is 0 Å². The maximum atomic E-state index is 11.1. The van der Waals surface area contributed by atoms with E-state index in [1.807, 2.05) is 25.1 Å². The number of amides is 1. The van der Waals surface area contributed by atoms with Gasteiger partial charge in [-0.15, -0.1) is 0 Å². The number of carbonyl (C=O) groups excluding carboxylic acids is 1. The number of alkyl carbamates (subject to hydrolysis) is 1. The molecule has 0 saturated carbocycles.